The molecule has 3 aromatic heterocycles. The molecule has 0 radical (unpaired) electrons. The van der Waals surface area contributed by atoms with E-state index >= 15 is 0 Å². The Kier molecular flexibility index (Phi) is 4.47. The summed E-state index contributed by atoms with van der Waals surface area (Å²) >= 11 is 0. The summed E-state index contributed by atoms with van der Waals surface area (Å²) in [6, 6.07) is 10.0. The Hall–Kier alpha value is -3.33. The quantitative estimate of drug-likeness (QED) is 0.543. The summed E-state index contributed by atoms with van der Waals surface area (Å²) in [6.45, 7) is 7.96. The summed E-state index contributed by atoms with van der Waals surface area (Å²) in [7, 11) is 0. The number of benzene rings is 1. The fourth-order valence-electron chi connectivity index (χ4n) is 4.11. The first-order valence-corrected chi connectivity index (χ1v) is 10.1. The van der Waals surface area contributed by atoms with E-state index in [-0.39, 0.29) is 12.5 Å². The van der Waals surface area contributed by atoms with Crippen molar-refractivity contribution in [2.45, 2.75) is 33.2 Å². The van der Waals surface area contributed by atoms with Crippen molar-refractivity contribution < 1.29 is 5.11 Å². The molecule has 0 saturated carbocycles. The normalized spacial score (nSPS) is 14.5. The van der Waals surface area contributed by atoms with Crippen LogP contribution in [-0.4, -0.2) is 59.1 Å². The molecule has 5 rings (SSSR count). The van der Waals surface area contributed by atoms with E-state index in [2.05, 4.69) is 35.6 Å². The molecular weight excluding hydrogens is 380 g/mol. The van der Waals surface area contributed by atoms with Gasteiger partial charge in [-0.15, -0.1) is 5.10 Å². The SMILES string of the molecule is Cc1nc(N2CC(c3nc4ccccc4n3CCO)C2)cc(-n2nc(C)nc2C)n1. The van der Waals surface area contributed by atoms with Gasteiger partial charge in [0.05, 0.1) is 23.6 Å². The fourth-order valence-corrected chi connectivity index (χ4v) is 4.11. The predicted molar refractivity (Wildman–Crippen MR) is 113 cm³/mol. The van der Waals surface area contributed by atoms with Crippen molar-refractivity contribution in [3.63, 3.8) is 0 Å². The van der Waals surface area contributed by atoms with E-state index < -0.39 is 0 Å². The second-order valence-corrected chi connectivity index (χ2v) is 7.69. The molecule has 1 fully saturated rings. The van der Waals surface area contributed by atoms with Crippen LogP contribution in [0.3, 0.4) is 0 Å². The largest absolute Gasteiger partial charge is 0.395 e. The van der Waals surface area contributed by atoms with Gasteiger partial charge in [-0.25, -0.2) is 19.9 Å². The van der Waals surface area contributed by atoms with Gasteiger partial charge in [0.1, 0.15) is 29.1 Å². The van der Waals surface area contributed by atoms with E-state index in [1.54, 1.807) is 4.68 Å². The molecule has 30 heavy (non-hydrogen) atoms. The fraction of sp³-hybridized carbons (Fsp3) is 0.381. The maximum absolute atomic E-state index is 9.53. The molecule has 9 nitrogen and oxygen atoms in total. The van der Waals surface area contributed by atoms with Crippen molar-refractivity contribution in [3.8, 4) is 5.82 Å². The lowest BCUT2D eigenvalue weighted by molar-refractivity contribution is 0.274. The van der Waals surface area contributed by atoms with Gasteiger partial charge in [-0.05, 0) is 32.9 Å². The van der Waals surface area contributed by atoms with Crippen LogP contribution < -0.4 is 4.90 Å². The third-order valence-corrected chi connectivity index (χ3v) is 5.48. The molecule has 4 heterocycles. The first-order chi connectivity index (χ1) is 14.5. The molecule has 0 atom stereocenters. The average molecular weight is 404 g/mol. The molecule has 1 N–H and O–H groups in total. The van der Waals surface area contributed by atoms with Crippen LogP contribution >= 0.6 is 0 Å². The molecule has 1 aromatic carbocycles. The van der Waals surface area contributed by atoms with Gasteiger partial charge in [-0.2, -0.15) is 4.68 Å². The maximum Gasteiger partial charge on any atom is 0.161 e. The van der Waals surface area contributed by atoms with Gasteiger partial charge in [0.15, 0.2) is 5.82 Å². The minimum Gasteiger partial charge on any atom is -0.395 e. The van der Waals surface area contributed by atoms with E-state index in [1.165, 1.54) is 0 Å². The van der Waals surface area contributed by atoms with E-state index in [4.69, 9.17) is 4.98 Å². The zero-order valence-electron chi connectivity index (χ0n) is 17.3. The molecule has 0 bridgehead atoms. The number of hydrogen-bond donors (Lipinski definition) is 1. The number of imidazole rings is 1. The first kappa shape index (κ1) is 18.7. The molecule has 0 amide bonds. The van der Waals surface area contributed by atoms with Crippen LogP contribution in [0.2, 0.25) is 0 Å². The number of aryl methyl sites for hydroxylation is 3. The standard InChI is InChI=1S/C21H24N8O/c1-13-23-19(10-20(24-13)29-15(3)22-14(2)26-29)27-11-16(12-27)21-25-17-6-4-5-7-18(17)28(21)8-9-30/h4-7,10,16,30H,8-9,11-12H2,1-3H3. The number of hydrogen-bond acceptors (Lipinski definition) is 7. The second-order valence-electron chi connectivity index (χ2n) is 7.69. The Bertz CT molecular complexity index is 1220. The highest BCUT2D eigenvalue weighted by Gasteiger charge is 2.33. The van der Waals surface area contributed by atoms with Gasteiger partial charge >= 0.3 is 0 Å². The van der Waals surface area contributed by atoms with Gasteiger partial charge in [0.25, 0.3) is 0 Å². The Morgan fingerprint density at radius 2 is 1.73 bits per heavy atom. The molecule has 1 saturated heterocycles. The van der Waals surface area contributed by atoms with Crippen molar-refractivity contribution >= 4 is 16.9 Å². The number of rotatable bonds is 5. The van der Waals surface area contributed by atoms with Crippen molar-refractivity contribution in [3.05, 3.63) is 53.6 Å². The summed E-state index contributed by atoms with van der Waals surface area (Å²) in [6.07, 6.45) is 0. The number of aliphatic hydroxyl groups excluding tert-OH is 1. The third-order valence-electron chi connectivity index (χ3n) is 5.48. The Labute approximate surface area is 174 Å². The van der Waals surface area contributed by atoms with Gasteiger partial charge in [0, 0.05) is 25.7 Å². The van der Waals surface area contributed by atoms with Gasteiger partial charge in [-0.3, -0.25) is 0 Å². The van der Waals surface area contributed by atoms with Gasteiger partial charge < -0.3 is 14.6 Å². The highest BCUT2D eigenvalue weighted by Crippen LogP contribution is 2.32. The molecule has 154 valence electrons. The van der Waals surface area contributed by atoms with Crippen molar-refractivity contribution in [1.29, 1.82) is 0 Å². The topological polar surface area (TPSA) is 97.8 Å². The highest BCUT2D eigenvalue weighted by molar-refractivity contribution is 5.76. The summed E-state index contributed by atoms with van der Waals surface area (Å²) < 4.78 is 3.89. The lowest BCUT2D eigenvalue weighted by Gasteiger charge is -2.40. The lowest BCUT2D eigenvalue weighted by Crippen LogP contribution is -2.46. The summed E-state index contributed by atoms with van der Waals surface area (Å²) in [4.78, 5) is 20.6. The average Bonchev–Trinajstić information content (AvgIpc) is 3.20. The van der Waals surface area contributed by atoms with Crippen LogP contribution in [0.5, 0.6) is 0 Å². The molecule has 0 aliphatic carbocycles. The molecule has 0 unspecified atom stereocenters. The number of aliphatic hydroxyl groups is 1. The van der Waals surface area contributed by atoms with Crippen molar-refractivity contribution in [2.24, 2.45) is 0 Å². The lowest BCUT2D eigenvalue weighted by atomic mass is 9.99. The zero-order chi connectivity index (χ0) is 20.8. The van der Waals surface area contributed by atoms with E-state index in [0.717, 1.165) is 53.2 Å². The predicted octanol–water partition coefficient (Wildman–Crippen LogP) is 1.93. The first-order valence-electron chi connectivity index (χ1n) is 10.1. The maximum atomic E-state index is 9.53. The summed E-state index contributed by atoms with van der Waals surface area (Å²) in [5.41, 5.74) is 2.04. The highest BCUT2D eigenvalue weighted by atomic mass is 16.3. The summed E-state index contributed by atoms with van der Waals surface area (Å²) in [5.74, 6) is 5.14. The molecule has 0 spiro atoms. The minimum absolute atomic E-state index is 0.0922. The third kappa shape index (κ3) is 3.11. The van der Waals surface area contributed by atoms with E-state index in [1.807, 2.05) is 45.0 Å². The Morgan fingerprint density at radius 1 is 0.967 bits per heavy atom. The number of fused-ring (bicyclic) bond motifs is 1. The van der Waals surface area contributed by atoms with Crippen LogP contribution in [0.15, 0.2) is 30.3 Å². The number of para-hydroxylation sites is 2. The molecule has 1 aliphatic heterocycles. The monoisotopic (exact) mass is 404 g/mol. The van der Waals surface area contributed by atoms with Gasteiger partial charge in [-0.1, -0.05) is 12.1 Å². The van der Waals surface area contributed by atoms with E-state index in [0.29, 0.717) is 12.4 Å². The minimum atomic E-state index is 0.0922. The molecule has 9 heteroatoms. The van der Waals surface area contributed by atoms with Crippen LogP contribution in [0.25, 0.3) is 16.9 Å². The number of aromatic nitrogens is 7. The summed E-state index contributed by atoms with van der Waals surface area (Å²) in [5, 5.41) is 14.0. The second kappa shape index (κ2) is 7.17. The van der Waals surface area contributed by atoms with Crippen molar-refractivity contribution in [2.75, 3.05) is 24.6 Å². The zero-order valence-corrected chi connectivity index (χ0v) is 17.3. The Morgan fingerprint density at radius 3 is 2.47 bits per heavy atom. The van der Waals surface area contributed by atoms with Crippen LogP contribution in [-0.2, 0) is 6.54 Å². The number of nitrogens with zero attached hydrogens (tertiary/aromatic N) is 8. The number of anilines is 1. The van der Waals surface area contributed by atoms with Crippen LogP contribution in [0, 0.1) is 20.8 Å². The van der Waals surface area contributed by atoms with Crippen LogP contribution in [0.4, 0.5) is 5.82 Å². The van der Waals surface area contributed by atoms with Crippen molar-refractivity contribution in [1.82, 2.24) is 34.3 Å². The molecular formula is C21H24N8O. The smallest absolute Gasteiger partial charge is 0.161 e. The van der Waals surface area contributed by atoms with E-state index in [9.17, 15) is 5.11 Å². The molecule has 4 aromatic rings. The Balaban J connectivity index is 1.42. The van der Waals surface area contributed by atoms with Crippen LogP contribution in [0.1, 0.15) is 29.2 Å². The molecule has 1 aliphatic rings. The van der Waals surface area contributed by atoms with Gasteiger partial charge in [0.2, 0.25) is 0 Å².